The molecule has 1 atom stereocenters. The van der Waals surface area contributed by atoms with Crippen molar-refractivity contribution in [1.29, 1.82) is 0 Å². The third-order valence-corrected chi connectivity index (χ3v) is 5.64. The molecule has 0 aromatic heterocycles. The molecule has 2 aliphatic rings. The largest absolute Gasteiger partial charge is 0.507 e. The first kappa shape index (κ1) is 19.2. The lowest BCUT2D eigenvalue weighted by Crippen LogP contribution is -2.49. The second-order valence-electron chi connectivity index (χ2n) is 7.35. The fourth-order valence-electron chi connectivity index (χ4n) is 4.09. The smallest absolute Gasteiger partial charge is 0.258 e. The molecule has 2 fully saturated rings. The van der Waals surface area contributed by atoms with Crippen LogP contribution < -0.4 is 10.6 Å². The number of nitrogens with zero attached hydrogens (tertiary/aromatic N) is 1. The molecule has 0 unspecified atom stereocenters. The summed E-state index contributed by atoms with van der Waals surface area (Å²) >= 11 is 0. The Morgan fingerprint density at radius 1 is 1.04 bits per heavy atom. The second-order valence-corrected chi connectivity index (χ2v) is 7.35. The molecule has 1 saturated heterocycles. The molecule has 3 amide bonds. The second kappa shape index (κ2) is 8.41. The number of phenolic OH excluding ortho intramolecular Hbond substituents is 1. The number of benzene rings is 1. The first-order valence-corrected chi connectivity index (χ1v) is 9.62. The van der Waals surface area contributed by atoms with Crippen molar-refractivity contribution in [3.63, 3.8) is 0 Å². The van der Waals surface area contributed by atoms with Gasteiger partial charge in [0.2, 0.25) is 11.8 Å². The van der Waals surface area contributed by atoms with Gasteiger partial charge in [0.25, 0.3) is 5.91 Å². The maximum absolute atomic E-state index is 12.8. The zero-order valence-electron chi connectivity index (χ0n) is 15.6. The highest BCUT2D eigenvalue weighted by molar-refractivity contribution is 5.99. The Morgan fingerprint density at radius 2 is 1.74 bits per heavy atom. The minimum Gasteiger partial charge on any atom is -0.507 e. The van der Waals surface area contributed by atoms with E-state index in [1.54, 1.807) is 30.1 Å². The minimum atomic E-state index is -0.506. The number of carbonyl (C=O) groups is 3. The molecule has 0 bridgehead atoms. The van der Waals surface area contributed by atoms with Crippen molar-refractivity contribution in [3.05, 3.63) is 29.8 Å². The van der Waals surface area contributed by atoms with Crippen LogP contribution in [-0.2, 0) is 9.59 Å². The van der Waals surface area contributed by atoms with Crippen LogP contribution in [0.15, 0.2) is 24.3 Å². The number of amides is 3. The Kier molecular flexibility index (Phi) is 5.98. The molecule has 0 spiro atoms. The van der Waals surface area contributed by atoms with Crippen LogP contribution in [0.5, 0.6) is 5.75 Å². The van der Waals surface area contributed by atoms with Gasteiger partial charge in [-0.15, -0.1) is 0 Å². The van der Waals surface area contributed by atoms with Gasteiger partial charge in [-0.05, 0) is 50.7 Å². The average Bonchev–Trinajstić information content (AvgIpc) is 3.18. The monoisotopic (exact) mass is 373 g/mol. The predicted octanol–water partition coefficient (Wildman–Crippen LogP) is 1.42. The SMILES string of the molecule is CNC(=O)C1CCC(NC(=O)[C@@H]2CCCN2C(=O)c2ccccc2O)CC1. The number of hydrogen-bond acceptors (Lipinski definition) is 4. The molecule has 1 heterocycles. The van der Waals surface area contributed by atoms with Crippen LogP contribution in [0.2, 0.25) is 0 Å². The van der Waals surface area contributed by atoms with E-state index in [2.05, 4.69) is 10.6 Å². The van der Waals surface area contributed by atoms with E-state index in [0.29, 0.717) is 13.0 Å². The van der Waals surface area contributed by atoms with Crippen molar-refractivity contribution in [1.82, 2.24) is 15.5 Å². The quantitative estimate of drug-likeness (QED) is 0.743. The number of hydrogen-bond donors (Lipinski definition) is 3. The van der Waals surface area contributed by atoms with Crippen LogP contribution in [0.1, 0.15) is 48.9 Å². The molecule has 1 aliphatic carbocycles. The molecule has 3 N–H and O–H groups in total. The van der Waals surface area contributed by atoms with Gasteiger partial charge in [-0.2, -0.15) is 0 Å². The Morgan fingerprint density at radius 3 is 2.41 bits per heavy atom. The van der Waals surface area contributed by atoms with Gasteiger partial charge in [-0.25, -0.2) is 0 Å². The molecule has 0 radical (unpaired) electrons. The summed E-state index contributed by atoms with van der Waals surface area (Å²) in [6.07, 6.45) is 4.44. The fourth-order valence-corrected chi connectivity index (χ4v) is 4.09. The summed E-state index contributed by atoms with van der Waals surface area (Å²) in [6, 6.07) is 5.95. The van der Waals surface area contributed by atoms with Gasteiger partial charge in [-0.1, -0.05) is 12.1 Å². The van der Waals surface area contributed by atoms with E-state index in [0.717, 1.165) is 32.1 Å². The molecule has 3 rings (SSSR count). The van der Waals surface area contributed by atoms with Gasteiger partial charge in [0, 0.05) is 25.6 Å². The molecule has 1 aliphatic heterocycles. The van der Waals surface area contributed by atoms with E-state index in [1.807, 2.05) is 0 Å². The molecular weight excluding hydrogens is 346 g/mol. The molecule has 1 aromatic rings. The first-order valence-electron chi connectivity index (χ1n) is 9.62. The third-order valence-electron chi connectivity index (χ3n) is 5.64. The zero-order valence-corrected chi connectivity index (χ0v) is 15.6. The summed E-state index contributed by atoms with van der Waals surface area (Å²) in [4.78, 5) is 38.8. The molecular formula is C20H27N3O4. The van der Waals surface area contributed by atoms with Crippen LogP contribution >= 0.6 is 0 Å². The highest BCUT2D eigenvalue weighted by atomic mass is 16.3. The maximum Gasteiger partial charge on any atom is 0.258 e. The van der Waals surface area contributed by atoms with E-state index in [1.165, 1.54) is 6.07 Å². The van der Waals surface area contributed by atoms with Crippen molar-refractivity contribution in [2.75, 3.05) is 13.6 Å². The standard InChI is InChI=1S/C20H27N3O4/c1-21-18(25)13-8-10-14(11-9-13)22-19(26)16-6-4-12-23(16)20(27)15-5-2-3-7-17(15)24/h2-3,5,7,13-14,16,24H,4,6,8-12H2,1H3,(H,21,25)(H,22,26)/t13?,14?,16-/m0/s1. The lowest BCUT2D eigenvalue weighted by atomic mass is 9.85. The van der Waals surface area contributed by atoms with Crippen molar-refractivity contribution in [2.24, 2.45) is 5.92 Å². The van der Waals surface area contributed by atoms with E-state index in [-0.39, 0.29) is 41.0 Å². The summed E-state index contributed by atoms with van der Waals surface area (Å²) in [5.74, 6) is -0.432. The Labute approximate surface area is 159 Å². The third kappa shape index (κ3) is 4.23. The lowest BCUT2D eigenvalue weighted by molar-refractivity contribution is -0.126. The molecule has 7 nitrogen and oxygen atoms in total. The topological polar surface area (TPSA) is 98.7 Å². The Hall–Kier alpha value is -2.57. The number of para-hydroxylation sites is 1. The number of carbonyl (C=O) groups excluding carboxylic acids is 3. The van der Waals surface area contributed by atoms with Crippen molar-refractivity contribution in [2.45, 2.75) is 50.6 Å². The van der Waals surface area contributed by atoms with E-state index < -0.39 is 6.04 Å². The van der Waals surface area contributed by atoms with Crippen molar-refractivity contribution >= 4 is 17.7 Å². The summed E-state index contributed by atoms with van der Waals surface area (Å²) in [7, 11) is 1.65. The van der Waals surface area contributed by atoms with Crippen molar-refractivity contribution < 1.29 is 19.5 Å². The normalized spacial score (nSPS) is 25.1. The van der Waals surface area contributed by atoms with Gasteiger partial charge in [0.1, 0.15) is 11.8 Å². The Balaban J connectivity index is 1.59. The van der Waals surface area contributed by atoms with E-state index in [4.69, 9.17) is 0 Å². The van der Waals surface area contributed by atoms with Crippen LogP contribution in [0, 0.1) is 5.92 Å². The first-order chi connectivity index (χ1) is 13.0. The summed E-state index contributed by atoms with van der Waals surface area (Å²) < 4.78 is 0. The van der Waals surface area contributed by atoms with Crippen LogP contribution in [0.25, 0.3) is 0 Å². The zero-order chi connectivity index (χ0) is 19.4. The van der Waals surface area contributed by atoms with Gasteiger partial charge < -0.3 is 20.6 Å². The van der Waals surface area contributed by atoms with Gasteiger partial charge in [0.15, 0.2) is 0 Å². The number of rotatable bonds is 4. The maximum atomic E-state index is 12.8. The number of phenols is 1. The van der Waals surface area contributed by atoms with Gasteiger partial charge >= 0.3 is 0 Å². The number of likely N-dealkylation sites (tertiary alicyclic amines) is 1. The number of aromatic hydroxyl groups is 1. The Bertz CT molecular complexity index is 713. The molecule has 146 valence electrons. The predicted molar refractivity (Wildman–Crippen MR) is 100 cm³/mol. The van der Waals surface area contributed by atoms with Gasteiger partial charge in [0.05, 0.1) is 5.56 Å². The van der Waals surface area contributed by atoms with Crippen LogP contribution in [-0.4, -0.2) is 53.4 Å². The molecule has 1 saturated carbocycles. The van der Waals surface area contributed by atoms with Crippen LogP contribution in [0.4, 0.5) is 0 Å². The summed E-state index contributed by atoms with van der Waals surface area (Å²) in [5, 5.41) is 15.7. The molecule has 7 heteroatoms. The fraction of sp³-hybridized carbons (Fsp3) is 0.550. The van der Waals surface area contributed by atoms with Crippen molar-refractivity contribution in [3.8, 4) is 5.75 Å². The highest BCUT2D eigenvalue weighted by Gasteiger charge is 2.36. The lowest BCUT2D eigenvalue weighted by Gasteiger charge is -2.30. The summed E-state index contributed by atoms with van der Waals surface area (Å²) in [5.41, 5.74) is 0.225. The minimum absolute atomic E-state index is 0.0220. The number of nitrogens with one attached hydrogen (secondary N) is 2. The molecule has 1 aromatic carbocycles. The van der Waals surface area contributed by atoms with Gasteiger partial charge in [-0.3, -0.25) is 14.4 Å². The van der Waals surface area contributed by atoms with E-state index >= 15 is 0 Å². The molecule has 27 heavy (non-hydrogen) atoms. The summed E-state index contributed by atoms with van der Waals surface area (Å²) in [6.45, 7) is 0.509. The average molecular weight is 373 g/mol. The van der Waals surface area contributed by atoms with Crippen LogP contribution in [0.3, 0.4) is 0 Å². The van der Waals surface area contributed by atoms with E-state index in [9.17, 15) is 19.5 Å². The highest BCUT2D eigenvalue weighted by Crippen LogP contribution is 2.27.